The topological polar surface area (TPSA) is 69.0 Å². The molecule has 140 valence electrons. The second-order valence-corrected chi connectivity index (χ2v) is 6.27. The zero-order valence-corrected chi connectivity index (χ0v) is 15.5. The summed E-state index contributed by atoms with van der Waals surface area (Å²) in [5, 5.41) is 2.91. The van der Waals surface area contributed by atoms with Gasteiger partial charge in [0, 0.05) is 18.3 Å². The largest absolute Gasteiger partial charge is 0.494 e. The number of benzene rings is 2. The average molecular weight is 372 g/mol. The van der Waals surface area contributed by atoms with Gasteiger partial charge in [0.25, 0.3) is 5.91 Å². The number of carbonyl (C=O) groups is 1. The molecule has 0 saturated heterocycles. The molecular formula is C22H20N4O2. The number of amides is 1. The Morgan fingerprint density at radius 3 is 2.61 bits per heavy atom. The molecule has 1 N–H and O–H groups in total. The second kappa shape index (κ2) is 7.92. The van der Waals surface area contributed by atoms with Crippen molar-refractivity contribution in [3.8, 4) is 11.6 Å². The summed E-state index contributed by atoms with van der Waals surface area (Å²) in [6, 6.07) is 18.9. The molecule has 28 heavy (non-hydrogen) atoms. The van der Waals surface area contributed by atoms with Gasteiger partial charge >= 0.3 is 0 Å². The first kappa shape index (κ1) is 17.7. The lowest BCUT2D eigenvalue weighted by Gasteiger charge is -2.08. The van der Waals surface area contributed by atoms with Crippen molar-refractivity contribution in [2.24, 2.45) is 0 Å². The summed E-state index contributed by atoms with van der Waals surface area (Å²) >= 11 is 0. The summed E-state index contributed by atoms with van der Waals surface area (Å²) in [7, 11) is 0. The van der Waals surface area contributed by atoms with Gasteiger partial charge in [0.1, 0.15) is 17.9 Å². The Balaban J connectivity index is 1.41. The Kier molecular flexibility index (Phi) is 5.01. The van der Waals surface area contributed by atoms with Crippen LogP contribution in [0.2, 0.25) is 0 Å². The molecule has 2 aromatic heterocycles. The number of nitrogens with zero attached hydrogens (tertiary/aromatic N) is 3. The van der Waals surface area contributed by atoms with E-state index in [2.05, 4.69) is 15.3 Å². The molecule has 2 heterocycles. The average Bonchev–Trinajstić information content (AvgIpc) is 3.17. The summed E-state index contributed by atoms with van der Waals surface area (Å²) in [6.45, 7) is 2.93. The number of nitrogens with one attached hydrogen (secondary N) is 1. The van der Waals surface area contributed by atoms with E-state index in [4.69, 9.17) is 4.74 Å². The third kappa shape index (κ3) is 3.71. The van der Waals surface area contributed by atoms with Crippen molar-refractivity contribution in [3.05, 3.63) is 84.3 Å². The van der Waals surface area contributed by atoms with Crippen LogP contribution >= 0.6 is 0 Å². The fraction of sp³-hybridized carbons (Fsp3) is 0.136. The number of hydrogen-bond acceptors (Lipinski definition) is 4. The molecule has 4 rings (SSSR count). The molecule has 0 aliphatic heterocycles. The van der Waals surface area contributed by atoms with Gasteiger partial charge in [-0.05, 0) is 55.0 Å². The Bertz CT molecular complexity index is 1090. The van der Waals surface area contributed by atoms with Crippen molar-refractivity contribution < 1.29 is 9.53 Å². The highest BCUT2D eigenvalue weighted by atomic mass is 16.5. The molecule has 0 unspecified atom stereocenters. The normalized spacial score (nSPS) is 10.8. The van der Waals surface area contributed by atoms with Crippen LogP contribution in [0.5, 0.6) is 5.75 Å². The summed E-state index contributed by atoms with van der Waals surface area (Å²) < 4.78 is 7.33. The number of imidazole rings is 1. The van der Waals surface area contributed by atoms with Crippen molar-refractivity contribution in [1.29, 1.82) is 0 Å². The van der Waals surface area contributed by atoms with Crippen molar-refractivity contribution >= 4 is 16.9 Å². The highest BCUT2D eigenvalue weighted by molar-refractivity contribution is 5.94. The van der Waals surface area contributed by atoms with Crippen molar-refractivity contribution in [2.45, 2.75) is 13.5 Å². The van der Waals surface area contributed by atoms with E-state index >= 15 is 0 Å². The minimum Gasteiger partial charge on any atom is -0.494 e. The second-order valence-electron chi connectivity index (χ2n) is 6.27. The number of pyridine rings is 1. The van der Waals surface area contributed by atoms with Crippen LogP contribution in [0.15, 0.2) is 73.2 Å². The molecule has 6 heteroatoms. The molecule has 0 fully saturated rings. The fourth-order valence-corrected chi connectivity index (χ4v) is 2.96. The maximum atomic E-state index is 12.3. The zero-order valence-electron chi connectivity index (χ0n) is 15.5. The van der Waals surface area contributed by atoms with Gasteiger partial charge in [0.2, 0.25) is 0 Å². The Labute approximate surface area is 162 Å². The lowest BCUT2D eigenvalue weighted by molar-refractivity contribution is 0.0951. The maximum absolute atomic E-state index is 12.3. The lowest BCUT2D eigenvalue weighted by atomic mass is 10.2. The van der Waals surface area contributed by atoms with E-state index in [0.29, 0.717) is 18.7 Å². The molecule has 0 saturated carbocycles. The van der Waals surface area contributed by atoms with E-state index in [1.54, 1.807) is 36.8 Å². The molecule has 4 aromatic rings. The van der Waals surface area contributed by atoms with Crippen LogP contribution in [-0.4, -0.2) is 27.0 Å². The molecule has 2 aromatic carbocycles. The van der Waals surface area contributed by atoms with Gasteiger partial charge in [-0.15, -0.1) is 0 Å². The van der Waals surface area contributed by atoms with E-state index in [0.717, 1.165) is 28.2 Å². The Morgan fingerprint density at radius 2 is 1.86 bits per heavy atom. The van der Waals surface area contributed by atoms with Gasteiger partial charge in [0.05, 0.1) is 17.6 Å². The molecule has 0 aliphatic rings. The highest BCUT2D eigenvalue weighted by Crippen LogP contribution is 2.16. The predicted octanol–water partition coefficient (Wildman–Crippen LogP) is 3.75. The van der Waals surface area contributed by atoms with Gasteiger partial charge in [-0.2, -0.15) is 0 Å². The van der Waals surface area contributed by atoms with Crippen LogP contribution in [-0.2, 0) is 6.54 Å². The summed E-state index contributed by atoms with van der Waals surface area (Å²) in [5.41, 5.74) is 3.45. The van der Waals surface area contributed by atoms with Gasteiger partial charge in [-0.25, -0.2) is 9.97 Å². The number of fused-ring (bicyclic) bond motifs is 1. The van der Waals surface area contributed by atoms with Crippen LogP contribution in [0.1, 0.15) is 22.8 Å². The first-order valence-electron chi connectivity index (χ1n) is 9.13. The molecule has 0 bridgehead atoms. The molecular weight excluding hydrogens is 352 g/mol. The van der Waals surface area contributed by atoms with E-state index in [-0.39, 0.29) is 5.91 Å². The standard InChI is InChI=1S/C22H20N4O2/c1-2-28-18-10-8-17(9-11-18)22(27)24-14-16-7-12-21(23-13-16)26-15-25-19-5-3-4-6-20(19)26/h3-13,15H,2,14H2,1H3,(H,24,27). The minimum absolute atomic E-state index is 0.132. The van der Waals surface area contributed by atoms with E-state index in [1.807, 2.05) is 47.9 Å². The van der Waals surface area contributed by atoms with Crippen LogP contribution in [0.25, 0.3) is 16.9 Å². The highest BCUT2D eigenvalue weighted by Gasteiger charge is 2.07. The van der Waals surface area contributed by atoms with Crippen molar-refractivity contribution in [2.75, 3.05) is 6.61 Å². The number of hydrogen-bond donors (Lipinski definition) is 1. The molecule has 0 atom stereocenters. The van der Waals surface area contributed by atoms with Gasteiger partial charge in [-0.3, -0.25) is 9.36 Å². The first-order chi connectivity index (χ1) is 13.7. The van der Waals surface area contributed by atoms with Crippen LogP contribution in [0.4, 0.5) is 0 Å². The van der Waals surface area contributed by atoms with Crippen molar-refractivity contribution in [3.63, 3.8) is 0 Å². The van der Waals surface area contributed by atoms with Gasteiger partial charge in [0.15, 0.2) is 0 Å². The fourth-order valence-electron chi connectivity index (χ4n) is 2.96. The third-order valence-electron chi connectivity index (χ3n) is 4.39. The van der Waals surface area contributed by atoms with Gasteiger partial charge < -0.3 is 10.1 Å². The van der Waals surface area contributed by atoms with Crippen LogP contribution in [0.3, 0.4) is 0 Å². The van der Waals surface area contributed by atoms with Crippen LogP contribution in [0, 0.1) is 0 Å². The number of aromatic nitrogens is 3. The quantitative estimate of drug-likeness (QED) is 0.560. The van der Waals surface area contributed by atoms with E-state index in [1.165, 1.54) is 0 Å². The van der Waals surface area contributed by atoms with Crippen molar-refractivity contribution in [1.82, 2.24) is 19.9 Å². The molecule has 0 radical (unpaired) electrons. The number of carbonyl (C=O) groups excluding carboxylic acids is 1. The Morgan fingerprint density at radius 1 is 1.04 bits per heavy atom. The zero-order chi connectivity index (χ0) is 19.3. The first-order valence-corrected chi connectivity index (χ1v) is 9.13. The third-order valence-corrected chi connectivity index (χ3v) is 4.39. The molecule has 0 aliphatic carbocycles. The molecule has 6 nitrogen and oxygen atoms in total. The summed E-state index contributed by atoms with van der Waals surface area (Å²) in [4.78, 5) is 21.2. The monoisotopic (exact) mass is 372 g/mol. The smallest absolute Gasteiger partial charge is 0.251 e. The number of rotatable bonds is 6. The van der Waals surface area contributed by atoms with E-state index in [9.17, 15) is 4.79 Å². The lowest BCUT2D eigenvalue weighted by Crippen LogP contribution is -2.22. The summed E-state index contributed by atoms with van der Waals surface area (Å²) in [6.07, 6.45) is 3.53. The SMILES string of the molecule is CCOc1ccc(C(=O)NCc2ccc(-n3cnc4ccccc43)nc2)cc1. The van der Waals surface area contributed by atoms with Crippen LogP contribution < -0.4 is 10.1 Å². The number of para-hydroxylation sites is 2. The maximum Gasteiger partial charge on any atom is 0.251 e. The summed E-state index contributed by atoms with van der Waals surface area (Å²) in [5.74, 6) is 1.41. The number of ether oxygens (including phenoxy) is 1. The molecule has 1 amide bonds. The predicted molar refractivity (Wildman–Crippen MR) is 108 cm³/mol. The minimum atomic E-state index is -0.132. The van der Waals surface area contributed by atoms with E-state index < -0.39 is 0 Å². The Hall–Kier alpha value is -3.67. The van der Waals surface area contributed by atoms with Gasteiger partial charge in [-0.1, -0.05) is 18.2 Å². The molecule has 0 spiro atoms.